The lowest BCUT2D eigenvalue weighted by Gasteiger charge is -2.27. The van der Waals surface area contributed by atoms with Gasteiger partial charge in [0.05, 0.1) is 110 Å². The highest BCUT2D eigenvalue weighted by Crippen LogP contribution is 2.24. The molecule has 0 bridgehead atoms. The van der Waals surface area contributed by atoms with E-state index in [2.05, 4.69) is 159 Å². The largest absolute Gasteiger partial charge is 0.379 e. The van der Waals surface area contributed by atoms with E-state index >= 15 is 0 Å². The second-order valence-corrected chi connectivity index (χ2v) is 28.1. The van der Waals surface area contributed by atoms with Crippen molar-refractivity contribution < 1.29 is 42.1 Å². The molecule has 2 fully saturated rings. The van der Waals surface area contributed by atoms with Crippen LogP contribution in [0.25, 0.3) is 16.9 Å². The van der Waals surface area contributed by atoms with Crippen molar-refractivity contribution in [2.75, 3.05) is 110 Å². The van der Waals surface area contributed by atoms with E-state index in [0.29, 0.717) is 114 Å². The Morgan fingerprint density at radius 3 is 1.65 bits per heavy atom. The van der Waals surface area contributed by atoms with E-state index in [1.54, 1.807) is 9.36 Å². The van der Waals surface area contributed by atoms with E-state index in [-0.39, 0.29) is 6.29 Å². The van der Waals surface area contributed by atoms with Crippen LogP contribution in [0.1, 0.15) is 136 Å². The molecule has 19 nitrogen and oxygen atoms in total. The molecular weight excluding hydrogens is 1070 g/mol. The molecule has 2 aliphatic heterocycles. The third-order valence-electron chi connectivity index (χ3n) is 13.7. The van der Waals surface area contributed by atoms with Gasteiger partial charge in [0, 0.05) is 62.7 Å². The van der Waals surface area contributed by atoms with E-state index in [4.69, 9.17) is 37.9 Å². The molecule has 5 heterocycles. The van der Waals surface area contributed by atoms with Gasteiger partial charge in [-0.2, -0.15) is 0 Å². The van der Waals surface area contributed by atoms with E-state index in [1.165, 1.54) is 36.8 Å². The van der Waals surface area contributed by atoms with E-state index in [9.17, 15) is 4.21 Å². The van der Waals surface area contributed by atoms with Crippen LogP contribution in [-0.2, 0) is 80.1 Å². The van der Waals surface area contributed by atoms with Crippen LogP contribution < -0.4 is 0 Å². The topological polar surface area (TPSA) is 186 Å². The summed E-state index contributed by atoms with van der Waals surface area (Å²) >= 11 is 0. The van der Waals surface area contributed by atoms with Gasteiger partial charge in [-0.25, -0.2) is 14.0 Å². The fraction of sp³-hybridized carbons (Fsp3) is 0.698. The maximum atomic E-state index is 11.9. The first-order chi connectivity index (χ1) is 39.7. The normalized spacial score (nSPS) is 15.9. The van der Waals surface area contributed by atoms with Gasteiger partial charge >= 0.3 is 0 Å². The predicted molar refractivity (Wildman–Crippen MR) is 330 cm³/mol. The SMILES string of the molecule is C=S1(=O)CCN(Cc2cn(CCOCCOCCOCCCC(C)(C)C)nn2)CC1.CC(C)(C)CCc1ccc(-n2cc(COC3CCCCO3)nn2)cc1.Cc1ccc(-c2cn(CCOCCOCCOCCCC(C)(C)C)nn2)cc1. The van der Waals surface area contributed by atoms with Gasteiger partial charge in [-0.15, -0.1) is 15.3 Å². The zero-order valence-corrected chi connectivity index (χ0v) is 53.2. The number of hydrogen-bond acceptors (Lipinski definition) is 16. The maximum absolute atomic E-state index is 11.9. The first-order valence-electron chi connectivity index (χ1n) is 30.3. The van der Waals surface area contributed by atoms with Crippen molar-refractivity contribution in [3.8, 4) is 16.9 Å². The highest BCUT2D eigenvalue weighted by molar-refractivity contribution is 8.00. The van der Waals surface area contributed by atoms with Crippen molar-refractivity contribution in [1.82, 2.24) is 49.9 Å². The van der Waals surface area contributed by atoms with Crippen molar-refractivity contribution in [2.24, 2.45) is 16.2 Å². The minimum absolute atomic E-state index is 0.0963. The summed E-state index contributed by atoms with van der Waals surface area (Å²) in [5.41, 5.74) is 8.44. The number of rotatable bonds is 33. The third-order valence-corrected chi connectivity index (χ3v) is 15.6. The molecule has 0 N–H and O–H groups in total. The Kier molecular flexibility index (Phi) is 31.0. The fourth-order valence-corrected chi connectivity index (χ4v) is 10.0. The lowest BCUT2D eigenvalue weighted by atomic mass is 9.89. The molecular formula is C63H104N10O9S. The smallest absolute Gasteiger partial charge is 0.158 e. The Labute approximate surface area is 498 Å². The quantitative estimate of drug-likeness (QED) is 0.0285. The maximum Gasteiger partial charge on any atom is 0.158 e. The van der Waals surface area contributed by atoms with Gasteiger partial charge in [0.25, 0.3) is 0 Å². The molecule has 3 aromatic heterocycles. The summed E-state index contributed by atoms with van der Waals surface area (Å²) in [4.78, 5) is 2.25. The number of aryl methyl sites for hydroxylation is 2. The molecule has 2 saturated heterocycles. The van der Waals surface area contributed by atoms with Crippen molar-refractivity contribution in [3.05, 3.63) is 89.6 Å². The highest BCUT2D eigenvalue weighted by atomic mass is 32.2. The first-order valence-corrected chi connectivity index (χ1v) is 32.3. The Hall–Kier alpha value is -4.48. The summed E-state index contributed by atoms with van der Waals surface area (Å²) < 4.78 is 62.1. The molecule has 20 heteroatoms. The molecule has 0 radical (unpaired) electrons. The molecule has 1 unspecified atom stereocenters. The van der Waals surface area contributed by atoms with Crippen LogP contribution in [0.15, 0.2) is 67.1 Å². The monoisotopic (exact) mass is 1180 g/mol. The minimum Gasteiger partial charge on any atom is -0.379 e. The fourth-order valence-electron chi connectivity index (χ4n) is 8.63. The van der Waals surface area contributed by atoms with Gasteiger partial charge in [0.15, 0.2) is 6.29 Å². The molecule has 466 valence electrons. The first kappa shape index (κ1) is 69.3. The van der Waals surface area contributed by atoms with Crippen LogP contribution in [0.2, 0.25) is 0 Å². The van der Waals surface area contributed by atoms with Gasteiger partial charge in [-0.3, -0.25) is 9.11 Å². The molecule has 7 rings (SSSR count). The Morgan fingerprint density at radius 2 is 1.11 bits per heavy atom. The summed E-state index contributed by atoms with van der Waals surface area (Å²) in [5, 5.41) is 25.2. The Morgan fingerprint density at radius 1 is 0.590 bits per heavy atom. The molecule has 0 aliphatic carbocycles. The van der Waals surface area contributed by atoms with Gasteiger partial charge in [-0.05, 0) is 114 Å². The lowest BCUT2D eigenvalue weighted by molar-refractivity contribution is -0.169. The predicted octanol–water partition coefficient (Wildman–Crippen LogP) is 10.1. The van der Waals surface area contributed by atoms with Crippen molar-refractivity contribution in [2.45, 2.75) is 160 Å². The molecule has 83 heavy (non-hydrogen) atoms. The molecule has 2 aliphatic rings. The second kappa shape index (κ2) is 37.2. The molecule has 0 spiro atoms. The molecule has 2 aromatic carbocycles. The second-order valence-electron chi connectivity index (χ2n) is 25.3. The molecule has 1 atom stereocenters. The van der Waals surface area contributed by atoms with Crippen LogP contribution in [0, 0.1) is 23.2 Å². The molecule has 0 saturated carbocycles. The third kappa shape index (κ3) is 32.0. The van der Waals surface area contributed by atoms with Crippen LogP contribution in [0.3, 0.4) is 0 Å². The van der Waals surface area contributed by atoms with Crippen LogP contribution in [-0.4, -0.2) is 177 Å². The lowest BCUT2D eigenvalue weighted by Crippen LogP contribution is -2.39. The number of hydrogen-bond donors (Lipinski definition) is 0. The summed E-state index contributed by atoms with van der Waals surface area (Å²) in [5.74, 6) is 5.14. The number of aromatic nitrogens is 9. The minimum atomic E-state index is -1.85. The summed E-state index contributed by atoms with van der Waals surface area (Å²) in [6.45, 7) is 34.9. The Balaban J connectivity index is 0.000000229. The average Bonchev–Trinajstić information content (AvgIpc) is 4.48. The van der Waals surface area contributed by atoms with Gasteiger partial charge < -0.3 is 37.9 Å². The van der Waals surface area contributed by atoms with E-state index < -0.39 is 9.52 Å². The van der Waals surface area contributed by atoms with E-state index in [0.717, 1.165) is 99.9 Å². The summed E-state index contributed by atoms with van der Waals surface area (Å²) in [6, 6.07) is 16.8. The summed E-state index contributed by atoms with van der Waals surface area (Å²) in [7, 11) is -1.85. The summed E-state index contributed by atoms with van der Waals surface area (Å²) in [6.07, 6.45) is 15.8. The number of nitrogens with zero attached hydrogens (tertiary/aromatic N) is 10. The van der Waals surface area contributed by atoms with Gasteiger partial charge in [0.1, 0.15) is 11.4 Å². The van der Waals surface area contributed by atoms with Gasteiger partial charge in [0.2, 0.25) is 0 Å². The van der Waals surface area contributed by atoms with Crippen molar-refractivity contribution >= 4 is 15.4 Å². The Bertz CT molecular complexity index is 2570. The van der Waals surface area contributed by atoms with Crippen LogP contribution in [0.4, 0.5) is 0 Å². The zero-order valence-electron chi connectivity index (χ0n) is 52.4. The molecule has 5 aromatic rings. The van der Waals surface area contributed by atoms with Crippen LogP contribution >= 0.6 is 0 Å². The molecule has 0 amide bonds. The van der Waals surface area contributed by atoms with Crippen molar-refractivity contribution in [1.29, 1.82) is 0 Å². The number of benzene rings is 2. The van der Waals surface area contributed by atoms with E-state index in [1.807, 2.05) is 23.3 Å². The highest BCUT2D eigenvalue weighted by Gasteiger charge is 2.19. The number of ether oxygens (including phenoxy) is 8. The van der Waals surface area contributed by atoms with Crippen LogP contribution in [0.5, 0.6) is 0 Å². The standard InChI is InChI=1S/C22H35N3O3.C21H40N4O4S.C20H29N3O2/c1-19-6-8-20(9-7-19)21-18-25(24-23-21)11-13-27-15-17-28-16-14-26-12-5-10-22(2,3)4;1-21(2,3)6-5-10-27-12-14-29-15-13-28-11-7-25-19-20(22-23-25)18-24-8-16-30(4,26)17-9-24;1-20(2,3)12-11-16-7-9-18(10-8-16)23-14-17(21-22-23)15-25-19-6-4-5-13-24-19/h6-9,18H,5,10-17H2,1-4H3;19H,4-18H2,1-3H3;7-10,14,19H,4-6,11-13,15H2,1-3H3. The van der Waals surface area contributed by atoms with Gasteiger partial charge in [-0.1, -0.05) is 120 Å². The zero-order chi connectivity index (χ0) is 59.8. The van der Waals surface area contributed by atoms with Crippen molar-refractivity contribution in [3.63, 3.8) is 0 Å². The average molecular weight is 1180 g/mol.